The van der Waals surface area contributed by atoms with Gasteiger partial charge in [0.2, 0.25) is 0 Å². The van der Waals surface area contributed by atoms with Gasteiger partial charge in [-0.1, -0.05) is 72.8 Å². The zero-order valence-corrected chi connectivity index (χ0v) is 17.9. The first-order valence-corrected chi connectivity index (χ1v) is 10.5. The van der Waals surface area contributed by atoms with Gasteiger partial charge in [-0.25, -0.2) is 4.79 Å². The molecular formula is C21H18ClNO4S2. The maximum absolute atomic E-state index is 12.6. The van der Waals surface area contributed by atoms with Crippen LogP contribution >= 0.6 is 35.6 Å². The molecule has 1 amide bonds. The van der Waals surface area contributed by atoms with Gasteiger partial charge in [0.25, 0.3) is 5.91 Å². The van der Waals surface area contributed by atoms with Crippen molar-refractivity contribution in [3.05, 3.63) is 69.6 Å². The van der Waals surface area contributed by atoms with Crippen molar-refractivity contribution in [1.29, 1.82) is 0 Å². The molecule has 2 aromatic rings. The minimum atomic E-state index is -1.06. The first-order valence-electron chi connectivity index (χ1n) is 8.87. The summed E-state index contributed by atoms with van der Waals surface area (Å²) in [5, 5.41) is 9.97. The Bertz CT molecular complexity index is 975. The van der Waals surface area contributed by atoms with Gasteiger partial charge in [-0.05, 0) is 36.3 Å². The average molecular weight is 448 g/mol. The van der Waals surface area contributed by atoms with E-state index in [1.807, 2.05) is 36.4 Å². The van der Waals surface area contributed by atoms with E-state index in [1.54, 1.807) is 25.1 Å². The summed E-state index contributed by atoms with van der Waals surface area (Å²) in [7, 11) is 0. The zero-order chi connectivity index (χ0) is 21.0. The Morgan fingerprint density at radius 1 is 1.28 bits per heavy atom. The van der Waals surface area contributed by atoms with Crippen molar-refractivity contribution in [2.45, 2.75) is 26.0 Å². The maximum Gasteiger partial charge on any atom is 0.326 e. The number of aliphatic carboxylic acids is 1. The largest absolute Gasteiger partial charge is 0.489 e. The molecule has 150 valence electrons. The van der Waals surface area contributed by atoms with Gasteiger partial charge in [-0.15, -0.1) is 0 Å². The van der Waals surface area contributed by atoms with E-state index in [4.69, 9.17) is 28.6 Å². The molecule has 1 aliphatic rings. The van der Waals surface area contributed by atoms with Gasteiger partial charge >= 0.3 is 5.97 Å². The Hall–Kier alpha value is -2.35. The summed E-state index contributed by atoms with van der Waals surface area (Å²) >= 11 is 12.5. The average Bonchev–Trinajstić information content (AvgIpc) is 2.97. The van der Waals surface area contributed by atoms with Gasteiger partial charge in [0.15, 0.2) is 0 Å². The Morgan fingerprint density at radius 2 is 1.97 bits per heavy atom. The second-order valence-electron chi connectivity index (χ2n) is 6.26. The molecule has 1 atom stereocenters. The number of carboxylic acids is 1. The molecule has 2 aromatic carbocycles. The Balaban J connectivity index is 1.69. The van der Waals surface area contributed by atoms with Crippen molar-refractivity contribution in [2.24, 2.45) is 0 Å². The molecule has 0 aliphatic carbocycles. The van der Waals surface area contributed by atoms with Crippen molar-refractivity contribution < 1.29 is 19.4 Å². The van der Waals surface area contributed by atoms with Gasteiger partial charge in [-0.3, -0.25) is 9.69 Å². The number of carbonyl (C=O) groups is 2. The zero-order valence-electron chi connectivity index (χ0n) is 15.5. The van der Waals surface area contributed by atoms with E-state index < -0.39 is 12.0 Å². The normalized spacial score (nSPS) is 16.3. The quantitative estimate of drug-likeness (QED) is 0.476. The predicted octanol–water partition coefficient (Wildman–Crippen LogP) is 4.98. The second kappa shape index (κ2) is 9.43. The maximum atomic E-state index is 12.6. The smallest absolute Gasteiger partial charge is 0.326 e. The first kappa shape index (κ1) is 21.4. The molecule has 0 bridgehead atoms. The highest BCUT2D eigenvalue weighted by molar-refractivity contribution is 8.26. The number of benzene rings is 2. The van der Waals surface area contributed by atoms with Crippen LogP contribution in [0.4, 0.5) is 0 Å². The lowest BCUT2D eigenvalue weighted by atomic mass is 10.1. The van der Waals surface area contributed by atoms with E-state index in [0.29, 0.717) is 22.3 Å². The molecule has 3 rings (SSSR count). The lowest BCUT2D eigenvalue weighted by Crippen LogP contribution is -2.43. The summed E-state index contributed by atoms with van der Waals surface area (Å²) in [6, 6.07) is 13.8. The molecule has 8 heteroatoms. The third kappa shape index (κ3) is 4.98. The number of nitrogens with zero attached hydrogens (tertiary/aromatic N) is 1. The fourth-order valence-electron chi connectivity index (χ4n) is 2.80. The van der Waals surface area contributed by atoms with E-state index >= 15 is 0 Å². The highest BCUT2D eigenvalue weighted by atomic mass is 35.5. The Kier molecular flexibility index (Phi) is 6.95. The molecule has 1 fully saturated rings. The van der Waals surface area contributed by atoms with Crippen molar-refractivity contribution in [1.82, 2.24) is 4.90 Å². The Morgan fingerprint density at radius 3 is 2.59 bits per heavy atom. The van der Waals surface area contributed by atoms with E-state index in [0.717, 1.165) is 22.9 Å². The summed E-state index contributed by atoms with van der Waals surface area (Å²) in [6.45, 7) is 2.06. The van der Waals surface area contributed by atoms with Gasteiger partial charge in [0.1, 0.15) is 22.7 Å². The van der Waals surface area contributed by atoms with E-state index in [2.05, 4.69) is 0 Å². The van der Waals surface area contributed by atoms with Crippen LogP contribution in [0.15, 0.2) is 53.4 Å². The third-order valence-corrected chi connectivity index (χ3v) is 6.04. The summed E-state index contributed by atoms with van der Waals surface area (Å²) in [6.07, 6.45) is 1.98. The number of thiocarbonyl (C=S) groups is 1. The molecule has 0 radical (unpaired) electrons. The molecule has 29 heavy (non-hydrogen) atoms. The monoisotopic (exact) mass is 447 g/mol. The molecule has 1 unspecified atom stereocenters. The van der Waals surface area contributed by atoms with Crippen LogP contribution in [0, 0.1) is 0 Å². The molecule has 1 aliphatic heterocycles. The number of hydrogen-bond acceptors (Lipinski definition) is 5. The van der Waals surface area contributed by atoms with Gasteiger partial charge < -0.3 is 9.84 Å². The van der Waals surface area contributed by atoms with Crippen molar-refractivity contribution in [3.63, 3.8) is 0 Å². The SMILES string of the molecule is CCC(C(=O)O)N1C(=O)C(=Cc2ccc(OCc3ccccc3Cl)cc2)SC1=S. The van der Waals surface area contributed by atoms with Gasteiger partial charge in [-0.2, -0.15) is 0 Å². The fourth-order valence-corrected chi connectivity index (χ4v) is 4.35. The van der Waals surface area contributed by atoms with Gasteiger partial charge in [0, 0.05) is 10.6 Å². The highest BCUT2D eigenvalue weighted by Crippen LogP contribution is 2.34. The van der Waals surface area contributed by atoms with E-state index in [9.17, 15) is 14.7 Å². The van der Waals surface area contributed by atoms with Crippen LogP contribution in [0.25, 0.3) is 6.08 Å². The number of rotatable bonds is 7. The molecule has 1 heterocycles. The lowest BCUT2D eigenvalue weighted by molar-refractivity contribution is -0.145. The molecular weight excluding hydrogens is 430 g/mol. The number of thioether (sulfide) groups is 1. The summed E-state index contributed by atoms with van der Waals surface area (Å²) in [5.41, 5.74) is 1.68. The standard InChI is InChI=1S/C21H18ClNO4S2/c1-2-17(20(25)26)23-19(24)18(29-21(23)28)11-13-7-9-15(10-8-13)27-12-14-5-3-4-6-16(14)22/h3-11,17H,2,12H2,1H3,(H,25,26). The summed E-state index contributed by atoms with van der Waals surface area (Å²) in [4.78, 5) is 25.6. The van der Waals surface area contributed by atoms with Gasteiger partial charge in [0.05, 0.1) is 4.91 Å². The second-order valence-corrected chi connectivity index (χ2v) is 8.35. The van der Waals surface area contributed by atoms with Crippen LogP contribution in [0.2, 0.25) is 5.02 Å². The van der Waals surface area contributed by atoms with Crippen LogP contribution in [0.3, 0.4) is 0 Å². The molecule has 0 aromatic heterocycles. The van der Waals surface area contributed by atoms with Crippen LogP contribution in [0.5, 0.6) is 5.75 Å². The predicted molar refractivity (Wildman–Crippen MR) is 119 cm³/mol. The Labute approximate surface area is 183 Å². The lowest BCUT2D eigenvalue weighted by Gasteiger charge is -2.21. The van der Waals surface area contributed by atoms with E-state index in [-0.39, 0.29) is 16.6 Å². The highest BCUT2D eigenvalue weighted by Gasteiger charge is 2.39. The van der Waals surface area contributed by atoms with Crippen LogP contribution in [-0.2, 0) is 16.2 Å². The van der Waals surface area contributed by atoms with Crippen LogP contribution in [-0.4, -0.2) is 32.2 Å². The molecule has 1 N–H and O–H groups in total. The van der Waals surface area contributed by atoms with Crippen molar-refractivity contribution >= 4 is 57.9 Å². The van der Waals surface area contributed by atoms with Crippen LogP contribution in [0.1, 0.15) is 24.5 Å². The third-order valence-electron chi connectivity index (χ3n) is 4.34. The number of ether oxygens (including phenoxy) is 1. The minimum Gasteiger partial charge on any atom is -0.489 e. The van der Waals surface area contributed by atoms with E-state index in [1.165, 1.54) is 4.90 Å². The molecule has 0 spiro atoms. The number of amides is 1. The summed E-state index contributed by atoms with van der Waals surface area (Å²) < 4.78 is 6.01. The van der Waals surface area contributed by atoms with Crippen molar-refractivity contribution in [2.75, 3.05) is 0 Å². The number of hydrogen-bond donors (Lipinski definition) is 1. The minimum absolute atomic E-state index is 0.259. The molecule has 5 nitrogen and oxygen atoms in total. The number of carbonyl (C=O) groups excluding carboxylic acids is 1. The number of halogens is 1. The van der Waals surface area contributed by atoms with Crippen LogP contribution < -0.4 is 4.74 Å². The van der Waals surface area contributed by atoms with Crippen molar-refractivity contribution in [3.8, 4) is 5.75 Å². The first-order chi connectivity index (χ1) is 13.9. The molecule has 1 saturated heterocycles. The molecule has 0 saturated carbocycles. The topological polar surface area (TPSA) is 66.8 Å². The summed E-state index contributed by atoms with van der Waals surface area (Å²) in [5.74, 6) is -0.773. The fraction of sp³-hybridized carbons (Fsp3) is 0.190. The number of carboxylic acid groups (broad SMARTS) is 1.